The number of hydrogen-bond donors (Lipinski definition) is 0. The van der Waals surface area contributed by atoms with Crippen LogP contribution in [0, 0.1) is 11.3 Å². The molecule has 0 bridgehead atoms. The quantitative estimate of drug-likeness (QED) is 0.832. The van der Waals surface area contributed by atoms with E-state index >= 15 is 0 Å². The Labute approximate surface area is 154 Å². The highest BCUT2D eigenvalue weighted by atomic mass is 16.5. The van der Waals surface area contributed by atoms with Gasteiger partial charge in [0.25, 0.3) is 5.91 Å². The first-order chi connectivity index (χ1) is 12.5. The number of carbonyl (C=O) groups excluding carboxylic acids is 2. The van der Waals surface area contributed by atoms with Crippen molar-refractivity contribution in [1.82, 2.24) is 15.0 Å². The van der Waals surface area contributed by atoms with Gasteiger partial charge in [0, 0.05) is 44.1 Å². The third-order valence-electron chi connectivity index (χ3n) is 6.52. The number of carbonyl (C=O) groups is 2. The smallest absolute Gasteiger partial charge is 0.276 e. The van der Waals surface area contributed by atoms with Gasteiger partial charge in [0.15, 0.2) is 5.69 Å². The lowest BCUT2D eigenvalue weighted by Crippen LogP contribution is -2.42. The molecule has 0 aromatic carbocycles. The van der Waals surface area contributed by atoms with Crippen molar-refractivity contribution < 1.29 is 14.1 Å². The summed E-state index contributed by atoms with van der Waals surface area (Å²) in [5, 5.41) is 3.94. The van der Waals surface area contributed by atoms with Gasteiger partial charge in [-0.2, -0.15) is 0 Å². The minimum absolute atomic E-state index is 0.0462. The van der Waals surface area contributed by atoms with Gasteiger partial charge in [0.2, 0.25) is 5.91 Å². The van der Waals surface area contributed by atoms with Crippen LogP contribution < -0.4 is 0 Å². The fraction of sp³-hybridized carbons (Fsp3) is 0.750. The highest BCUT2D eigenvalue weighted by Crippen LogP contribution is 2.60. The van der Waals surface area contributed by atoms with E-state index in [-0.39, 0.29) is 23.2 Å². The molecule has 3 aliphatic rings. The predicted octanol–water partition coefficient (Wildman–Crippen LogP) is 3.05. The molecule has 4 rings (SSSR count). The zero-order chi connectivity index (χ0) is 18.3. The van der Waals surface area contributed by atoms with Gasteiger partial charge in [-0.15, -0.1) is 0 Å². The normalized spacial score (nSPS) is 25.0. The van der Waals surface area contributed by atoms with Gasteiger partial charge in [-0.3, -0.25) is 9.59 Å². The van der Waals surface area contributed by atoms with Crippen LogP contribution in [0.15, 0.2) is 10.6 Å². The minimum Gasteiger partial charge on any atom is -0.360 e. The molecule has 6 heteroatoms. The number of hydrogen-bond acceptors (Lipinski definition) is 4. The lowest BCUT2D eigenvalue weighted by atomic mass is 9.90. The SMILES string of the molecule is CC(C)c1cc(C(=O)N2CCC3(CC2)CC3C(=O)N2CCCCC2)no1. The van der Waals surface area contributed by atoms with Crippen LogP contribution in [-0.4, -0.2) is 52.9 Å². The molecule has 2 saturated heterocycles. The van der Waals surface area contributed by atoms with Gasteiger partial charge in [-0.05, 0) is 43.9 Å². The molecule has 2 aliphatic heterocycles. The zero-order valence-electron chi connectivity index (χ0n) is 15.9. The summed E-state index contributed by atoms with van der Waals surface area (Å²) in [4.78, 5) is 29.4. The second-order valence-corrected chi connectivity index (χ2v) is 8.57. The number of aromatic nitrogens is 1. The molecular weight excluding hydrogens is 330 g/mol. The van der Waals surface area contributed by atoms with Crippen LogP contribution in [0.1, 0.15) is 74.5 Å². The second kappa shape index (κ2) is 6.71. The summed E-state index contributed by atoms with van der Waals surface area (Å²) in [5.41, 5.74) is 0.555. The van der Waals surface area contributed by atoms with Crippen molar-refractivity contribution >= 4 is 11.8 Å². The molecule has 1 aromatic rings. The lowest BCUT2D eigenvalue weighted by molar-refractivity contribution is -0.134. The number of likely N-dealkylation sites (tertiary alicyclic amines) is 2. The van der Waals surface area contributed by atoms with E-state index < -0.39 is 0 Å². The molecule has 142 valence electrons. The first-order valence-corrected chi connectivity index (χ1v) is 10.0. The van der Waals surface area contributed by atoms with Crippen LogP contribution in [0.4, 0.5) is 0 Å². The van der Waals surface area contributed by atoms with E-state index in [4.69, 9.17) is 4.52 Å². The summed E-state index contributed by atoms with van der Waals surface area (Å²) in [7, 11) is 0. The van der Waals surface area contributed by atoms with E-state index in [0.29, 0.717) is 24.7 Å². The Morgan fingerprint density at radius 2 is 1.81 bits per heavy atom. The Morgan fingerprint density at radius 1 is 1.12 bits per heavy atom. The molecule has 0 N–H and O–H groups in total. The molecule has 6 nitrogen and oxygen atoms in total. The molecule has 1 aromatic heterocycles. The summed E-state index contributed by atoms with van der Waals surface area (Å²) in [6.07, 6.45) is 6.40. The van der Waals surface area contributed by atoms with Gasteiger partial charge in [-0.1, -0.05) is 19.0 Å². The maximum atomic E-state index is 12.8. The van der Waals surface area contributed by atoms with Crippen LogP contribution in [-0.2, 0) is 4.79 Å². The summed E-state index contributed by atoms with van der Waals surface area (Å²) in [6, 6.07) is 1.76. The number of nitrogens with zero attached hydrogens (tertiary/aromatic N) is 3. The van der Waals surface area contributed by atoms with E-state index in [9.17, 15) is 9.59 Å². The monoisotopic (exact) mass is 359 g/mol. The fourth-order valence-electron chi connectivity index (χ4n) is 4.56. The minimum atomic E-state index is -0.0462. The van der Waals surface area contributed by atoms with Crippen molar-refractivity contribution in [2.24, 2.45) is 11.3 Å². The number of amides is 2. The van der Waals surface area contributed by atoms with E-state index in [2.05, 4.69) is 10.1 Å². The molecule has 1 saturated carbocycles. The van der Waals surface area contributed by atoms with Gasteiger partial charge in [0.05, 0.1) is 0 Å². The summed E-state index contributed by atoms with van der Waals surface area (Å²) >= 11 is 0. The average molecular weight is 359 g/mol. The van der Waals surface area contributed by atoms with E-state index in [1.807, 2.05) is 18.7 Å². The Kier molecular flexibility index (Phi) is 4.53. The third-order valence-corrected chi connectivity index (χ3v) is 6.52. The molecule has 3 heterocycles. The van der Waals surface area contributed by atoms with Gasteiger partial charge in [-0.25, -0.2) is 0 Å². The Bertz CT molecular complexity index is 682. The Balaban J connectivity index is 1.33. The van der Waals surface area contributed by atoms with E-state index in [1.165, 1.54) is 6.42 Å². The standard InChI is InChI=1S/C20H29N3O3/c1-14(2)17-12-16(21-26-17)19(25)23-10-6-20(7-11-23)13-15(20)18(24)22-8-4-3-5-9-22/h12,14-15H,3-11,13H2,1-2H3. The van der Waals surface area contributed by atoms with Gasteiger partial charge in [0.1, 0.15) is 5.76 Å². The van der Waals surface area contributed by atoms with E-state index in [0.717, 1.165) is 51.0 Å². The third kappa shape index (κ3) is 3.14. The maximum Gasteiger partial charge on any atom is 0.276 e. The van der Waals surface area contributed by atoms with Crippen LogP contribution >= 0.6 is 0 Å². The van der Waals surface area contributed by atoms with Crippen LogP contribution in [0.5, 0.6) is 0 Å². The zero-order valence-corrected chi connectivity index (χ0v) is 15.9. The molecular formula is C20H29N3O3. The summed E-state index contributed by atoms with van der Waals surface area (Å²) in [5.74, 6) is 1.48. The fourth-order valence-corrected chi connectivity index (χ4v) is 4.56. The molecule has 1 spiro atoms. The highest BCUT2D eigenvalue weighted by Gasteiger charge is 2.59. The Morgan fingerprint density at radius 3 is 2.42 bits per heavy atom. The number of rotatable bonds is 3. The largest absolute Gasteiger partial charge is 0.360 e. The van der Waals surface area contributed by atoms with Crippen molar-refractivity contribution in [2.45, 2.75) is 58.3 Å². The molecule has 1 unspecified atom stereocenters. The molecule has 2 amide bonds. The van der Waals surface area contributed by atoms with Gasteiger partial charge < -0.3 is 14.3 Å². The summed E-state index contributed by atoms with van der Waals surface area (Å²) < 4.78 is 5.26. The second-order valence-electron chi connectivity index (χ2n) is 8.57. The van der Waals surface area contributed by atoms with Crippen LogP contribution in [0.2, 0.25) is 0 Å². The number of piperidine rings is 2. The molecule has 1 aliphatic carbocycles. The first-order valence-electron chi connectivity index (χ1n) is 10.0. The molecule has 3 fully saturated rings. The van der Waals surface area contributed by atoms with Crippen LogP contribution in [0.25, 0.3) is 0 Å². The van der Waals surface area contributed by atoms with Gasteiger partial charge >= 0.3 is 0 Å². The molecule has 1 atom stereocenters. The van der Waals surface area contributed by atoms with Crippen LogP contribution in [0.3, 0.4) is 0 Å². The summed E-state index contributed by atoms with van der Waals surface area (Å²) in [6.45, 7) is 7.33. The Hall–Kier alpha value is -1.85. The predicted molar refractivity (Wildman–Crippen MR) is 96.7 cm³/mol. The van der Waals surface area contributed by atoms with Crippen molar-refractivity contribution in [3.05, 3.63) is 17.5 Å². The van der Waals surface area contributed by atoms with Crippen molar-refractivity contribution in [2.75, 3.05) is 26.2 Å². The van der Waals surface area contributed by atoms with Crippen molar-refractivity contribution in [3.63, 3.8) is 0 Å². The topological polar surface area (TPSA) is 66.7 Å². The van der Waals surface area contributed by atoms with Crippen molar-refractivity contribution in [3.8, 4) is 0 Å². The van der Waals surface area contributed by atoms with Crippen molar-refractivity contribution in [1.29, 1.82) is 0 Å². The lowest BCUT2D eigenvalue weighted by Gasteiger charge is -2.33. The first kappa shape index (κ1) is 17.6. The molecule has 0 radical (unpaired) electrons. The van der Waals surface area contributed by atoms with E-state index in [1.54, 1.807) is 6.07 Å². The highest BCUT2D eigenvalue weighted by molar-refractivity contribution is 5.92. The average Bonchev–Trinajstić information content (AvgIpc) is 3.13. The maximum absolute atomic E-state index is 12.8. The molecule has 26 heavy (non-hydrogen) atoms.